The first-order chi connectivity index (χ1) is 7.75. The summed E-state index contributed by atoms with van der Waals surface area (Å²) in [5.74, 6) is 0.391. The molecule has 0 aliphatic carbocycles. The predicted molar refractivity (Wildman–Crippen MR) is 59.8 cm³/mol. The van der Waals surface area contributed by atoms with Crippen LogP contribution in [0.15, 0.2) is 0 Å². The lowest BCUT2D eigenvalue weighted by Crippen LogP contribution is -2.43. The van der Waals surface area contributed by atoms with E-state index in [9.17, 15) is 9.59 Å². The van der Waals surface area contributed by atoms with Crippen molar-refractivity contribution in [2.75, 3.05) is 19.6 Å². The fourth-order valence-electron chi connectivity index (χ4n) is 2.28. The quantitative estimate of drug-likeness (QED) is 0.599. The van der Waals surface area contributed by atoms with Crippen LogP contribution in [0.2, 0.25) is 0 Å². The minimum atomic E-state index is 0.0983. The average Bonchev–Trinajstić information content (AvgIpc) is 2.73. The summed E-state index contributed by atoms with van der Waals surface area (Å²) in [5.41, 5.74) is 0. The third kappa shape index (κ3) is 2.95. The molecular weight excluding hydrogens is 206 g/mol. The SMILES string of the molecule is O=C1CCC(CNC(=O)C2CCNCC2)N1. The Morgan fingerprint density at radius 1 is 1.31 bits per heavy atom. The van der Waals surface area contributed by atoms with Crippen molar-refractivity contribution in [2.45, 2.75) is 31.7 Å². The molecule has 1 atom stereocenters. The van der Waals surface area contributed by atoms with Crippen LogP contribution in [-0.4, -0.2) is 37.5 Å². The summed E-state index contributed by atoms with van der Waals surface area (Å²) >= 11 is 0. The van der Waals surface area contributed by atoms with Gasteiger partial charge in [-0.3, -0.25) is 9.59 Å². The molecule has 3 N–H and O–H groups in total. The maximum atomic E-state index is 11.8. The van der Waals surface area contributed by atoms with Crippen molar-refractivity contribution in [1.29, 1.82) is 0 Å². The van der Waals surface area contributed by atoms with Crippen molar-refractivity contribution in [3.8, 4) is 0 Å². The third-order valence-electron chi connectivity index (χ3n) is 3.32. The van der Waals surface area contributed by atoms with Crippen LogP contribution in [0.4, 0.5) is 0 Å². The van der Waals surface area contributed by atoms with Crippen molar-refractivity contribution < 1.29 is 9.59 Å². The van der Waals surface area contributed by atoms with Crippen LogP contribution in [0, 0.1) is 5.92 Å². The Balaban J connectivity index is 1.68. The molecular formula is C11H19N3O2. The normalized spacial score (nSPS) is 26.5. The molecule has 2 amide bonds. The second-order valence-electron chi connectivity index (χ2n) is 4.57. The van der Waals surface area contributed by atoms with Gasteiger partial charge in [0.1, 0.15) is 0 Å². The van der Waals surface area contributed by atoms with Gasteiger partial charge in [-0.25, -0.2) is 0 Å². The molecule has 90 valence electrons. The van der Waals surface area contributed by atoms with Crippen LogP contribution < -0.4 is 16.0 Å². The molecule has 2 aliphatic rings. The zero-order valence-corrected chi connectivity index (χ0v) is 9.42. The van der Waals surface area contributed by atoms with E-state index < -0.39 is 0 Å². The minimum absolute atomic E-state index is 0.0983. The number of amides is 2. The Bertz CT molecular complexity index is 274. The molecule has 0 spiro atoms. The topological polar surface area (TPSA) is 70.2 Å². The molecule has 0 aromatic heterocycles. The van der Waals surface area contributed by atoms with Crippen molar-refractivity contribution >= 4 is 11.8 Å². The third-order valence-corrected chi connectivity index (χ3v) is 3.32. The summed E-state index contributed by atoms with van der Waals surface area (Å²) in [6.45, 7) is 2.44. The molecule has 0 bridgehead atoms. The van der Waals surface area contributed by atoms with Gasteiger partial charge in [-0.2, -0.15) is 0 Å². The van der Waals surface area contributed by atoms with Crippen LogP contribution in [0.3, 0.4) is 0 Å². The Kier molecular flexibility index (Phi) is 3.77. The van der Waals surface area contributed by atoms with E-state index in [0.717, 1.165) is 32.4 Å². The number of nitrogens with one attached hydrogen (secondary N) is 3. The van der Waals surface area contributed by atoms with Crippen LogP contribution in [0.1, 0.15) is 25.7 Å². The maximum absolute atomic E-state index is 11.8. The van der Waals surface area contributed by atoms with Gasteiger partial charge in [-0.1, -0.05) is 0 Å². The van der Waals surface area contributed by atoms with Crippen molar-refractivity contribution in [2.24, 2.45) is 5.92 Å². The average molecular weight is 225 g/mol. The van der Waals surface area contributed by atoms with Crippen LogP contribution in [0.5, 0.6) is 0 Å². The van der Waals surface area contributed by atoms with E-state index >= 15 is 0 Å². The van der Waals surface area contributed by atoms with Gasteiger partial charge in [0.2, 0.25) is 11.8 Å². The van der Waals surface area contributed by atoms with Crippen LogP contribution in [-0.2, 0) is 9.59 Å². The monoisotopic (exact) mass is 225 g/mol. The Morgan fingerprint density at radius 2 is 2.06 bits per heavy atom. The van der Waals surface area contributed by atoms with E-state index in [1.807, 2.05) is 0 Å². The standard InChI is InChI=1S/C11H19N3O2/c15-10-2-1-9(14-10)7-13-11(16)8-3-5-12-6-4-8/h8-9,12H,1-7H2,(H,13,16)(H,14,15). The summed E-state index contributed by atoms with van der Waals surface area (Å²) in [7, 11) is 0. The predicted octanol–water partition coefficient (Wildman–Crippen LogP) is -0.619. The largest absolute Gasteiger partial charge is 0.354 e. The van der Waals surface area contributed by atoms with Gasteiger partial charge < -0.3 is 16.0 Å². The highest BCUT2D eigenvalue weighted by Crippen LogP contribution is 2.12. The fraction of sp³-hybridized carbons (Fsp3) is 0.818. The van der Waals surface area contributed by atoms with Crippen molar-refractivity contribution in [3.63, 3.8) is 0 Å². The number of carbonyl (C=O) groups is 2. The highest BCUT2D eigenvalue weighted by Gasteiger charge is 2.24. The van der Waals surface area contributed by atoms with E-state index in [-0.39, 0.29) is 23.8 Å². The number of rotatable bonds is 3. The molecule has 16 heavy (non-hydrogen) atoms. The van der Waals surface area contributed by atoms with Gasteiger partial charge in [0.15, 0.2) is 0 Å². The molecule has 0 radical (unpaired) electrons. The first kappa shape index (κ1) is 11.4. The van der Waals surface area contributed by atoms with Gasteiger partial charge in [0, 0.05) is 24.9 Å². The van der Waals surface area contributed by atoms with E-state index in [2.05, 4.69) is 16.0 Å². The number of carbonyl (C=O) groups excluding carboxylic acids is 2. The maximum Gasteiger partial charge on any atom is 0.223 e. The molecule has 0 saturated carbocycles. The Morgan fingerprint density at radius 3 is 2.69 bits per heavy atom. The molecule has 2 saturated heterocycles. The molecule has 0 aromatic rings. The van der Waals surface area contributed by atoms with E-state index in [1.165, 1.54) is 0 Å². The van der Waals surface area contributed by atoms with Gasteiger partial charge in [-0.05, 0) is 32.4 Å². The highest BCUT2D eigenvalue weighted by molar-refractivity contribution is 5.80. The van der Waals surface area contributed by atoms with Gasteiger partial charge in [0.05, 0.1) is 0 Å². The number of hydrogen-bond donors (Lipinski definition) is 3. The molecule has 2 fully saturated rings. The van der Waals surface area contributed by atoms with E-state index in [0.29, 0.717) is 13.0 Å². The Labute approximate surface area is 95.3 Å². The summed E-state index contributed by atoms with van der Waals surface area (Å²) in [6.07, 6.45) is 3.27. The van der Waals surface area contributed by atoms with E-state index in [1.54, 1.807) is 0 Å². The smallest absolute Gasteiger partial charge is 0.223 e. The first-order valence-electron chi connectivity index (χ1n) is 6.03. The molecule has 2 rings (SSSR count). The fourth-order valence-corrected chi connectivity index (χ4v) is 2.28. The van der Waals surface area contributed by atoms with Gasteiger partial charge in [0.25, 0.3) is 0 Å². The first-order valence-corrected chi connectivity index (χ1v) is 6.03. The van der Waals surface area contributed by atoms with E-state index in [4.69, 9.17) is 0 Å². The molecule has 0 aromatic carbocycles. The molecule has 5 nitrogen and oxygen atoms in total. The lowest BCUT2D eigenvalue weighted by Gasteiger charge is -2.22. The van der Waals surface area contributed by atoms with Crippen LogP contribution >= 0.6 is 0 Å². The van der Waals surface area contributed by atoms with Crippen molar-refractivity contribution in [1.82, 2.24) is 16.0 Å². The lowest BCUT2D eigenvalue weighted by atomic mass is 9.97. The minimum Gasteiger partial charge on any atom is -0.354 e. The van der Waals surface area contributed by atoms with Crippen LogP contribution in [0.25, 0.3) is 0 Å². The zero-order valence-electron chi connectivity index (χ0n) is 9.42. The highest BCUT2D eigenvalue weighted by atomic mass is 16.2. The second kappa shape index (κ2) is 5.30. The summed E-state index contributed by atoms with van der Waals surface area (Å²) in [5, 5.41) is 9.02. The van der Waals surface area contributed by atoms with Gasteiger partial charge >= 0.3 is 0 Å². The molecule has 2 heterocycles. The zero-order chi connectivity index (χ0) is 11.4. The van der Waals surface area contributed by atoms with Gasteiger partial charge in [-0.15, -0.1) is 0 Å². The van der Waals surface area contributed by atoms with Crippen molar-refractivity contribution in [3.05, 3.63) is 0 Å². The summed E-state index contributed by atoms with van der Waals surface area (Å²) < 4.78 is 0. The summed E-state index contributed by atoms with van der Waals surface area (Å²) in [6, 6.07) is 0.137. The molecule has 2 aliphatic heterocycles. The lowest BCUT2D eigenvalue weighted by molar-refractivity contribution is -0.126. The number of piperidine rings is 1. The molecule has 1 unspecified atom stereocenters. The number of hydrogen-bond acceptors (Lipinski definition) is 3. The second-order valence-corrected chi connectivity index (χ2v) is 4.57. The summed E-state index contributed by atoms with van der Waals surface area (Å²) in [4.78, 5) is 22.8. The molecule has 5 heteroatoms. The Hall–Kier alpha value is -1.10.